The Morgan fingerprint density at radius 2 is 1.85 bits per heavy atom. The van der Waals surface area contributed by atoms with E-state index in [1.807, 2.05) is 25.2 Å². The van der Waals surface area contributed by atoms with E-state index in [0.29, 0.717) is 16.9 Å². The molecule has 1 aliphatic rings. The molecule has 27 heavy (non-hydrogen) atoms. The number of ketones is 1. The van der Waals surface area contributed by atoms with Gasteiger partial charge in [-0.05, 0) is 11.6 Å². The lowest BCUT2D eigenvalue weighted by Gasteiger charge is -2.16. The number of Topliss-reactive ketones (excluding diaryl/α,β-unsaturated/α-hetero) is 1. The van der Waals surface area contributed by atoms with Gasteiger partial charge in [-0.2, -0.15) is 5.10 Å². The van der Waals surface area contributed by atoms with Crippen molar-refractivity contribution in [3.8, 4) is 22.4 Å². The SMILES string of the molecule is [C-]#[N+]c1c(-c2c(-c3ccc4c(c3)C(CN)=NCC4=O)cnn2C)cnn1C. The van der Waals surface area contributed by atoms with Crippen molar-refractivity contribution in [3.63, 3.8) is 0 Å². The zero-order valence-corrected chi connectivity index (χ0v) is 15.0. The van der Waals surface area contributed by atoms with Crippen LogP contribution < -0.4 is 5.73 Å². The molecule has 4 rings (SSSR count). The van der Waals surface area contributed by atoms with Gasteiger partial charge in [0.25, 0.3) is 5.82 Å². The molecule has 0 aliphatic carbocycles. The maximum atomic E-state index is 12.2. The second kappa shape index (κ2) is 6.30. The summed E-state index contributed by atoms with van der Waals surface area (Å²) in [5.74, 6) is 0.430. The molecule has 0 saturated heterocycles. The number of aliphatic imine (C=N–C) groups is 1. The van der Waals surface area contributed by atoms with Crippen molar-refractivity contribution in [2.45, 2.75) is 0 Å². The highest BCUT2D eigenvalue weighted by atomic mass is 16.1. The largest absolute Gasteiger partial charge is 0.362 e. The molecular formula is C19H17N7O. The third-order valence-corrected chi connectivity index (χ3v) is 4.76. The van der Waals surface area contributed by atoms with E-state index >= 15 is 0 Å². The van der Waals surface area contributed by atoms with Crippen molar-refractivity contribution in [2.24, 2.45) is 24.8 Å². The molecule has 8 nitrogen and oxygen atoms in total. The first-order valence-electron chi connectivity index (χ1n) is 8.38. The molecule has 1 aromatic carbocycles. The van der Waals surface area contributed by atoms with Crippen LogP contribution in [0, 0.1) is 6.57 Å². The van der Waals surface area contributed by atoms with Crippen LogP contribution in [0.25, 0.3) is 27.2 Å². The van der Waals surface area contributed by atoms with Crippen molar-refractivity contribution in [1.82, 2.24) is 19.6 Å². The average Bonchev–Trinajstić information content (AvgIpc) is 3.23. The third-order valence-electron chi connectivity index (χ3n) is 4.76. The number of benzene rings is 1. The minimum Gasteiger partial charge on any atom is -0.362 e. The van der Waals surface area contributed by atoms with E-state index in [1.54, 1.807) is 28.8 Å². The van der Waals surface area contributed by atoms with Gasteiger partial charge < -0.3 is 10.6 Å². The maximum Gasteiger partial charge on any atom is 0.261 e. The van der Waals surface area contributed by atoms with Crippen LogP contribution in [0.1, 0.15) is 15.9 Å². The highest BCUT2D eigenvalue weighted by molar-refractivity contribution is 6.16. The number of carbonyl (C=O) groups is 1. The van der Waals surface area contributed by atoms with Crippen molar-refractivity contribution in [3.05, 3.63) is 53.1 Å². The standard InChI is InChI=1S/C19H17N7O/c1-21-19-15(9-24-26(19)3)18-14(8-23-25(18)2)11-4-5-12-13(6-11)16(7-20)22-10-17(12)27/h4-6,8-9H,7,10,20H2,2-3H3. The zero-order chi connectivity index (χ0) is 19.1. The summed E-state index contributed by atoms with van der Waals surface area (Å²) in [5.41, 5.74) is 11.2. The summed E-state index contributed by atoms with van der Waals surface area (Å²) in [5, 5.41) is 8.58. The molecule has 3 aromatic rings. The summed E-state index contributed by atoms with van der Waals surface area (Å²) in [6.45, 7) is 7.87. The second-order valence-electron chi connectivity index (χ2n) is 6.30. The Labute approximate surface area is 155 Å². The Morgan fingerprint density at radius 1 is 1.11 bits per heavy atom. The van der Waals surface area contributed by atoms with Crippen molar-refractivity contribution < 1.29 is 4.79 Å². The first kappa shape index (κ1) is 16.9. The van der Waals surface area contributed by atoms with Crippen LogP contribution in [-0.4, -0.2) is 44.1 Å². The molecule has 3 heterocycles. The summed E-state index contributed by atoms with van der Waals surface area (Å²) in [6, 6.07) is 5.63. The molecule has 1 aliphatic heterocycles. The lowest BCUT2D eigenvalue weighted by Crippen LogP contribution is -2.24. The number of rotatable bonds is 3. The van der Waals surface area contributed by atoms with Gasteiger partial charge in [-0.1, -0.05) is 18.7 Å². The van der Waals surface area contributed by atoms with Crippen LogP contribution in [0.4, 0.5) is 5.82 Å². The monoisotopic (exact) mass is 359 g/mol. The van der Waals surface area contributed by atoms with E-state index in [0.717, 1.165) is 28.1 Å². The fraction of sp³-hybridized carbons (Fsp3) is 0.211. The summed E-state index contributed by atoms with van der Waals surface area (Å²) in [7, 11) is 3.57. The highest BCUT2D eigenvalue weighted by Crippen LogP contribution is 2.37. The van der Waals surface area contributed by atoms with Crippen LogP contribution in [-0.2, 0) is 14.1 Å². The zero-order valence-electron chi connectivity index (χ0n) is 15.0. The number of fused-ring (bicyclic) bond motifs is 1. The number of hydrogen-bond donors (Lipinski definition) is 1. The van der Waals surface area contributed by atoms with Gasteiger partial charge in [0.15, 0.2) is 5.78 Å². The van der Waals surface area contributed by atoms with E-state index < -0.39 is 0 Å². The van der Waals surface area contributed by atoms with E-state index in [2.05, 4.69) is 20.0 Å². The van der Waals surface area contributed by atoms with Gasteiger partial charge in [-0.15, -0.1) is 5.10 Å². The Balaban J connectivity index is 1.91. The summed E-state index contributed by atoms with van der Waals surface area (Å²) >= 11 is 0. The van der Waals surface area contributed by atoms with Gasteiger partial charge in [0.1, 0.15) is 6.54 Å². The number of nitrogens with zero attached hydrogens (tertiary/aromatic N) is 6. The number of nitrogens with two attached hydrogens (primary N) is 1. The smallest absolute Gasteiger partial charge is 0.261 e. The molecule has 2 N–H and O–H groups in total. The van der Waals surface area contributed by atoms with Gasteiger partial charge >= 0.3 is 0 Å². The van der Waals surface area contributed by atoms with Crippen molar-refractivity contribution >= 4 is 17.3 Å². The van der Waals surface area contributed by atoms with Crippen LogP contribution in [0.5, 0.6) is 0 Å². The quantitative estimate of drug-likeness (QED) is 0.723. The maximum absolute atomic E-state index is 12.2. The van der Waals surface area contributed by atoms with Gasteiger partial charge in [0.05, 0.1) is 30.8 Å². The van der Waals surface area contributed by atoms with Crippen LogP contribution in [0.2, 0.25) is 0 Å². The minimum atomic E-state index is -0.0114. The Kier molecular flexibility index (Phi) is 3.94. The molecule has 0 atom stereocenters. The fourth-order valence-corrected chi connectivity index (χ4v) is 3.40. The number of hydrogen-bond acceptors (Lipinski definition) is 5. The molecule has 0 radical (unpaired) electrons. The van der Waals surface area contributed by atoms with Crippen LogP contribution in [0.15, 0.2) is 35.6 Å². The number of aromatic nitrogens is 4. The van der Waals surface area contributed by atoms with Crippen LogP contribution >= 0.6 is 0 Å². The van der Waals surface area contributed by atoms with Crippen LogP contribution in [0.3, 0.4) is 0 Å². The molecular weight excluding hydrogens is 342 g/mol. The Hall–Kier alpha value is -3.57. The second-order valence-corrected chi connectivity index (χ2v) is 6.30. The van der Waals surface area contributed by atoms with E-state index in [9.17, 15) is 4.79 Å². The minimum absolute atomic E-state index is 0.0114. The molecule has 0 saturated carbocycles. The summed E-state index contributed by atoms with van der Waals surface area (Å²) in [6.07, 6.45) is 3.42. The normalized spacial score (nSPS) is 13.3. The molecule has 0 bridgehead atoms. The predicted octanol–water partition coefficient (Wildman–Crippen LogP) is 1.98. The lowest BCUT2D eigenvalue weighted by molar-refractivity contribution is 0.1000. The highest BCUT2D eigenvalue weighted by Gasteiger charge is 2.23. The first-order valence-corrected chi connectivity index (χ1v) is 8.38. The van der Waals surface area contributed by atoms with Crippen molar-refractivity contribution in [1.29, 1.82) is 0 Å². The molecule has 2 aromatic heterocycles. The average molecular weight is 359 g/mol. The molecule has 0 amide bonds. The van der Waals surface area contributed by atoms with E-state index in [-0.39, 0.29) is 18.9 Å². The molecule has 0 unspecified atom stereocenters. The summed E-state index contributed by atoms with van der Waals surface area (Å²) in [4.78, 5) is 20.1. The van der Waals surface area contributed by atoms with Crippen molar-refractivity contribution in [2.75, 3.05) is 13.1 Å². The van der Waals surface area contributed by atoms with Gasteiger partial charge in [0, 0.05) is 35.8 Å². The third kappa shape index (κ3) is 2.56. The number of carbonyl (C=O) groups excluding carboxylic acids is 1. The Morgan fingerprint density at radius 3 is 2.59 bits per heavy atom. The van der Waals surface area contributed by atoms with E-state index in [4.69, 9.17) is 12.3 Å². The van der Waals surface area contributed by atoms with Gasteiger partial charge in [-0.3, -0.25) is 14.5 Å². The van der Waals surface area contributed by atoms with Gasteiger partial charge in [0.2, 0.25) is 0 Å². The Bertz CT molecular complexity index is 1140. The molecule has 0 spiro atoms. The van der Waals surface area contributed by atoms with Gasteiger partial charge in [-0.25, -0.2) is 4.68 Å². The fourth-order valence-electron chi connectivity index (χ4n) is 3.40. The topological polar surface area (TPSA) is 95.4 Å². The molecule has 8 heteroatoms. The molecule has 0 fully saturated rings. The predicted molar refractivity (Wildman–Crippen MR) is 102 cm³/mol. The molecule has 134 valence electrons. The van der Waals surface area contributed by atoms with E-state index in [1.165, 1.54) is 0 Å². The summed E-state index contributed by atoms with van der Waals surface area (Å²) < 4.78 is 3.27. The lowest BCUT2D eigenvalue weighted by atomic mass is 9.92. The number of aryl methyl sites for hydroxylation is 2. The first-order chi connectivity index (χ1) is 13.0.